The molecule has 2 fully saturated rings. The van der Waals surface area contributed by atoms with Crippen molar-refractivity contribution >= 4 is 0 Å². The zero-order valence-corrected chi connectivity index (χ0v) is 17.5. The Kier molecular flexibility index (Phi) is 12.3. The minimum atomic E-state index is 0.315. The Morgan fingerprint density at radius 2 is 1.52 bits per heavy atom. The van der Waals surface area contributed by atoms with Gasteiger partial charge in [0.1, 0.15) is 0 Å². The maximum absolute atomic E-state index is 6.04. The van der Waals surface area contributed by atoms with E-state index in [2.05, 4.69) is 32.6 Å². The number of likely N-dealkylation sites (tertiary alicyclic amines) is 1. The highest BCUT2D eigenvalue weighted by molar-refractivity contribution is 4.91. The van der Waals surface area contributed by atoms with E-state index in [-0.39, 0.29) is 0 Å². The van der Waals surface area contributed by atoms with Crippen LogP contribution in [0.5, 0.6) is 0 Å². The molecule has 2 heteroatoms. The van der Waals surface area contributed by atoms with Crippen molar-refractivity contribution in [1.82, 2.24) is 4.90 Å². The zero-order valence-electron chi connectivity index (χ0n) is 17.5. The van der Waals surface area contributed by atoms with Crippen molar-refractivity contribution in [3.63, 3.8) is 0 Å². The van der Waals surface area contributed by atoms with Crippen molar-refractivity contribution in [2.45, 2.75) is 118 Å². The molecule has 1 unspecified atom stereocenters. The molecule has 0 aromatic rings. The number of nitrogens with zero attached hydrogens (tertiary/aromatic N) is 1. The molecule has 1 atom stereocenters. The quantitative estimate of drug-likeness (QED) is 0.602. The minimum Gasteiger partial charge on any atom is -0.375 e. The number of rotatable bonds is 4. The molecule has 0 spiro atoms. The van der Waals surface area contributed by atoms with Crippen LogP contribution in [0.2, 0.25) is 0 Å². The first kappa shape index (κ1) is 22.9. The minimum absolute atomic E-state index is 0.315. The molecule has 1 heterocycles. The Labute approximate surface area is 147 Å². The molecule has 23 heavy (non-hydrogen) atoms. The lowest BCUT2D eigenvalue weighted by Gasteiger charge is -2.47. The average Bonchev–Trinajstić information content (AvgIpc) is 2.54. The van der Waals surface area contributed by atoms with Gasteiger partial charge in [-0.3, -0.25) is 4.90 Å². The summed E-state index contributed by atoms with van der Waals surface area (Å²) in [6, 6.07) is 0. The normalized spacial score (nSPS) is 25.2. The first-order valence-electron chi connectivity index (χ1n) is 10.4. The van der Waals surface area contributed by atoms with E-state index in [0.717, 1.165) is 5.92 Å². The largest absolute Gasteiger partial charge is 0.375 e. The van der Waals surface area contributed by atoms with Crippen LogP contribution in [0.1, 0.15) is 100 Å². The molecule has 2 aliphatic rings. The van der Waals surface area contributed by atoms with E-state index in [0.29, 0.717) is 17.7 Å². The molecule has 0 bridgehead atoms. The van der Waals surface area contributed by atoms with Crippen molar-refractivity contribution in [1.29, 1.82) is 0 Å². The summed E-state index contributed by atoms with van der Waals surface area (Å²) in [7, 11) is 0. The lowest BCUT2D eigenvalue weighted by molar-refractivity contribution is -0.0708. The van der Waals surface area contributed by atoms with Crippen LogP contribution in [0, 0.1) is 5.92 Å². The van der Waals surface area contributed by atoms with Gasteiger partial charge in [0.25, 0.3) is 0 Å². The Morgan fingerprint density at radius 1 is 0.957 bits per heavy atom. The third-order valence-electron chi connectivity index (χ3n) is 4.97. The number of piperidine rings is 1. The van der Waals surface area contributed by atoms with E-state index in [9.17, 15) is 0 Å². The molecule has 0 aromatic carbocycles. The van der Waals surface area contributed by atoms with Crippen LogP contribution in [0.15, 0.2) is 0 Å². The third kappa shape index (κ3) is 8.54. The topological polar surface area (TPSA) is 12.5 Å². The average molecular weight is 328 g/mol. The van der Waals surface area contributed by atoms with Gasteiger partial charge in [0.2, 0.25) is 0 Å². The molecule has 0 N–H and O–H groups in total. The molecule has 1 aliphatic heterocycles. The third-order valence-corrected chi connectivity index (χ3v) is 4.97. The monoisotopic (exact) mass is 327 g/mol. The molecule has 1 saturated carbocycles. The Hall–Kier alpha value is -0.0800. The van der Waals surface area contributed by atoms with Crippen molar-refractivity contribution in [2.75, 3.05) is 13.1 Å². The molecule has 1 saturated heterocycles. The van der Waals surface area contributed by atoms with Crippen molar-refractivity contribution in [3.05, 3.63) is 0 Å². The lowest BCUT2D eigenvalue weighted by Crippen LogP contribution is -2.53. The number of hydrogen-bond acceptors (Lipinski definition) is 2. The summed E-state index contributed by atoms with van der Waals surface area (Å²) in [4.78, 5) is 2.74. The zero-order chi connectivity index (χ0) is 17.9. The highest BCUT2D eigenvalue weighted by Crippen LogP contribution is 2.33. The van der Waals surface area contributed by atoms with Crippen molar-refractivity contribution < 1.29 is 4.74 Å². The first-order chi connectivity index (χ1) is 11.0. The van der Waals surface area contributed by atoms with Gasteiger partial charge in [-0.2, -0.15) is 0 Å². The van der Waals surface area contributed by atoms with Gasteiger partial charge >= 0.3 is 0 Å². The second-order valence-electron chi connectivity index (χ2n) is 7.56. The maximum Gasteiger partial charge on any atom is 0.0608 e. The van der Waals surface area contributed by atoms with Gasteiger partial charge < -0.3 is 4.74 Å². The van der Waals surface area contributed by atoms with E-state index in [1.54, 1.807) is 0 Å². The van der Waals surface area contributed by atoms with E-state index in [4.69, 9.17) is 4.74 Å². The molecular weight excluding hydrogens is 282 g/mol. The Balaban J connectivity index is 0.00000112. The fourth-order valence-electron chi connectivity index (χ4n) is 3.91. The van der Waals surface area contributed by atoms with E-state index >= 15 is 0 Å². The summed E-state index contributed by atoms with van der Waals surface area (Å²) in [6.07, 6.45) is 10.5. The van der Waals surface area contributed by atoms with E-state index in [1.165, 1.54) is 58.0 Å². The molecule has 2 nitrogen and oxygen atoms in total. The predicted molar refractivity (Wildman–Crippen MR) is 104 cm³/mol. The fraction of sp³-hybridized carbons (Fsp3) is 1.00. The summed E-state index contributed by atoms with van der Waals surface area (Å²) in [5.41, 5.74) is 0.315. The summed E-state index contributed by atoms with van der Waals surface area (Å²) in [6.45, 7) is 19.7. The first-order valence-corrected chi connectivity index (χ1v) is 10.4. The standard InChI is InChI=1S/C17H33NO.2C2H6/c1-14(2)19-16-10-11-18(17(3,4)12-16)13-15-8-6-5-7-9-15;2*1-2/h14-16H,5-13H2,1-4H3;2*1-2H3. The van der Waals surface area contributed by atoms with Gasteiger partial charge in [-0.15, -0.1) is 0 Å². The van der Waals surface area contributed by atoms with E-state index in [1.807, 2.05) is 27.7 Å². The van der Waals surface area contributed by atoms with Crippen LogP contribution >= 0.6 is 0 Å². The predicted octanol–water partition coefficient (Wildman–Crippen LogP) is 6.29. The summed E-state index contributed by atoms with van der Waals surface area (Å²) >= 11 is 0. The second kappa shape index (κ2) is 12.3. The second-order valence-corrected chi connectivity index (χ2v) is 7.56. The van der Waals surface area contributed by atoms with Crippen molar-refractivity contribution in [3.8, 4) is 0 Å². The highest BCUT2D eigenvalue weighted by Gasteiger charge is 2.36. The number of hydrogen-bond donors (Lipinski definition) is 0. The van der Waals surface area contributed by atoms with Crippen LogP contribution in [0.25, 0.3) is 0 Å². The number of ether oxygens (including phenoxy) is 1. The van der Waals surface area contributed by atoms with Crippen molar-refractivity contribution in [2.24, 2.45) is 5.92 Å². The summed E-state index contributed by atoms with van der Waals surface area (Å²) in [5.74, 6) is 0.954. The van der Waals surface area contributed by atoms with Gasteiger partial charge in [0, 0.05) is 18.6 Å². The fourth-order valence-corrected chi connectivity index (χ4v) is 3.91. The molecule has 0 aromatic heterocycles. The van der Waals surface area contributed by atoms with Gasteiger partial charge in [0.05, 0.1) is 12.2 Å². The molecule has 0 radical (unpaired) electrons. The highest BCUT2D eigenvalue weighted by atomic mass is 16.5. The van der Waals surface area contributed by atoms with Crippen LogP contribution in [-0.2, 0) is 4.74 Å². The molecule has 2 rings (SSSR count). The summed E-state index contributed by atoms with van der Waals surface area (Å²) in [5, 5.41) is 0. The Morgan fingerprint density at radius 3 is 2.00 bits per heavy atom. The van der Waals surface area contributed by atoms with E-state index < -0.39 is 0 Å². The SMILES string of the molecule is CC.CC.CC(C)OC1CCN(CC2CCCCC2)C(C)(C)C1. The summed E-state index contributed by atoms with van der Waals surface area (Å²) < 4.78 is 6.04. The van der Waals surface area contributed by atoms with Crippen LogP contribution in [0.3, 0.4) is 0 Å². The van der Waals surface area contributed by atoms with Gasteiger partial charge in [-0.25, -0.2) is 0 Å². The molecule has 1 aliphatic carbocycles. The van der Waals surface area contributed by atoms with Gasteiger partial charge in [-0.05, 0) is 59.3 Å². The lowest BCUT2D eigenvalue weighted by atomic mass is 9.84. The molecule has 140 valence electrons. The van der Waals surface area contributed by atoms with Crippen LogP contribution < -0.4 is 0 Å². The van der Waals surface area contributed by atoms with Gasteiger partial charge in [0.15, 0.2) is 0 Å². The molecular formula is C21H45NO. The van der Waals surface area contributed by atoms with Crippen LogP contribution in [0.4, 0.5) is 0 Å². The smallest absolute Gasteiger partial charge is 0.0608 e. The molecule has 0 amide bonds. The Bertz CT molecular complexity index is 269. The van der Waals surface area contributed by atoms with Crippen LogP contribution in [-0.4, -0.2) is 35.7 Å². The van der Waals surface area contributed by atoms with Gasteiger partial charge in [-0.1, -0.05) is 47.0 Å². The maximum atomic E-state index is 6.04.